The molecule has 33 heavy (non-hydrogen) atoms. The summed E-state index contributed by atoms with van der Waals surface area (Å²) >= 11 is 0. The Morgan fingerprint density at radius 1 is 1.12 bits per heavy atom. The Labute approximate surface area is 199 Å². The quantitative estimate of drug-likeness (QED) is 0.457. The smallest absolute Gasteiger partial charge is 0.209 e. The first kappa shape index (κ1) is 22.7. The molecule has 0 amide bonds. The summed E-state index contributed by atoms with van der Waals surface area (Å²) in [6.07, 6.45) is 10.8. The lowest BCUT2D eigenvalue weighted by molar-refractivity contribution is -0.124. The van der Waals surface area contributed by atoms with E-state index in [0.717, 1.165) is 61.8 Å². The highest BCUT2D eigenvalue weighted by Crippen LogP contribution is 2.66. The Hall–Kier alpha value is -2.05. The lowest BCUT2D eigenvalue weighted by Crippen LogP contribution is -2.51. The molecule has 0 unspecified atom stereocenters. The number of hydrogen-bond donors (Lipinski definition) is 1. The molecule has 176 valence electrons. The molecule has 1 N–H and O–H groups in total. The predicted octanol–water partition coefficient (Wildman–Crippen LogP) is 5.86. The van der Waals surface area contributed by atoms with Crippen LogP contribution in [-0.2, 0) is 4.79 Å². The molecule has 3 heteroatoms. The lowest BCUT2D eigenvalue weighted by Gasteiger charge is -2.57. The van der Waals surface area contributed by atoms with Crippen molar-refractivity contribution in [2.75, 3.05) is 7.11 Å². The van der Waals surface area contributed by atoms with Gasteiger partial charge in [0.05, 0.1) is 13.2 Å². The third-order valence-electron chi connectivity index (χ3n) is 10.1. The maximum atomic E-state index is 13.4. The van der Waals surface area contributed by atoms with Crippen LogP contribution in [0.3, 0.4) is 0 Å². The minimum atomic E-state index is -0.156. The Morgan fingerprint density at radius 2 is 1.94 bits per heavy atom. The number of aliphatic hydroxyl groups excluding tert-OH is 1. The lowest BCUT2D eigenvalue weighted by atomic mass is 9.47. The second-order valence-electron chi connectivity index (χ2n) is 11.6. The number of benzene rings is 1. The number of aliphatic hydroxyl groups is 1. The summed E-state index contributed by atoms with van der Waals surface area (Å²) in [5.74, 6) is 9.19. The van der Waals surface area contributed by atoms with Gasteiger partial charge in [-0.15, -0.1) is 0 Å². The van der Waals surface area contributed by atoms with Gasteiger partial charge in [-0.05, 0) is 117 Å². The van der Waals surface area contributed by atoms with E-state index in [1.54, 1.807) is 7.11 Å². The highest BCUT2D eigenvalue weighted by molar-refractivity contribution is 5.98. The molecule has 1 aromatic rings. The topological polar surface area (TPSA) is 46.5 Å². The first-order valence-corrected chi connectivity index (χ1v) is 12.8. The monoisotopic (exact) mass is 446 g/mol. The number of fused-ring (bicyclic) bond motifs is 5. The maximum Gasteiger partial charge on any atom is 0.209 e. The Bertz CT molecular complexity index is 1040. The van der Waals surface area contributed by atoms with Crippen LogP contribution in [0.2, 0.25) is 0 Å². The molecule has 0 aliphatic heterocycles. The number of aryl methyl sites for hydroxylation is 1. The number of methoxy groups -OCH3 is 1. The number of carbonyl (C=O) groups is 1. The molecule has 4 aliphatic carbocycles. The molecule has 0 radical (unpaired) electrons. The van der Waals surface area contributed by atoms with Crippen LogP contribution in [0.4, 0.5) is 0 Å². The number of ketones is 1. The fourth-order valence-electron chi connectivity index (χ4n) is 8.19. The molecular weight excluding hydrogens is 408 g/mol. The predicted molar refractivity (Wildman–Crippen MR) is 131 cm³/mol. The molecule has 0 spiro atoms. The van der Waals surface area contributed by atoms with Gasteiger partial charge in [0.1, 0.15) is 5.75 Å². The van der Waals surface area contributed by atoms with Gasteiger partial charge in [-0.3, -0.25) is 4.79 Å². The van der Waals surface area contributed by atoms with Crippen molar-refractivity contribution in [2.45, 2.75) is 78.2 Å². The Balaban J connectivity index is 1.36. The molecule has 7 atom stereocenters. The largest absolute Gasteiger partial charge is 0.497 e. The van der Waals surface area contributed by atoms with Gasteiger partial charge in [-0.25, -0.2) is 0 Å². The number of hydrogen-bond acceptors (Lipinski definition) is 3. The highest BCUT2D eigenvalue weighted by Gasteiger charge is 2.59. The Kier molecular flexibility index (Phi) is 5.73. The van der Waals surface area contributed by atoms with E-state index in [9.17, 15) is 9.90 Å². The van der Waals surface area contributed by atoms with Crippen LogP contribution in [0.5, 0.6) is 5.75 Å². The van der Waals surface area contributed by atoms with Gasteiger partial charge >= 0.3 is 0 Å². The van der Waals surface area contributed by atoms with Crippen LogP contribution < -0.4 is 4.74 Å². The molecule has 4 aliphatic rings. The van der Waals surface area contributed by atoms with Gasteiger partial charge in [-0.2, -0.15) is 0 Å². The summed E-state index contributed by atoms with van der Waals surface area (Å²) in [5, 5.41) is 10.2. The van der Waals surface area contributed by atoms with Gasteiger partial charge in [0.2, 0.25) is 5.78 Å². The maximum absolute atomic E-state index is 13.4. The second kappa shape index (κ2) is 8.31. The van der Waals surface area contributed by atoms with Crippen molar-refractivity contribution in [2.24, 2.45) is 34.5 Å². The van der Waals surface area contributed by atoms with Crippen LogP contribution in [0.25, 0.3) is 0 Å². The van der Waals surface area contributed by atoms with Crippen molar-refractivity contribution in [1.29, 1.82) is 0 Å². The van der Waals surface area contributed by atoms with Crippen molar-refractivity contribution < 1.29 is 14.6 Å². The summed E-state index contributed by atoms with van der Waals surface area (Å²) < 4.78 is 5.29. The van der Waals surface area contributed by atoms with Gasteiger partial charge < -0.3 is 9.84 Å². The van der Waals surface area contributed by atoms with Crippen molar-refractivity contribution in [3.05, 3.63) is 41.0 Å². The van der Waals surface area contributed by atoms with Crippen LogP contribution in [0, 0.1) is 53.3 Å². The summed E-state index contributed by atoms with van der Waals surface area (Å²) in [7, 11) is 1.66. The number of rotatable bonds is 2. The van der Waals surface area contributed by atoms with Crippen molar-refractivity contribution >= 4 is 5.78 Å². The molecule has 3 fully saturated rings. The first-order valence-electron chi connectivity index (χ1n) is 12.8. The molecule has 5 rings (SSSR count). The zero-order valence-electron chi connectivity index (χ0n) is 20.6. The Morgan fingerprint density at radius 3 is 2.70 bits per heavy atom. The zero-order chi connectivity index (χ0) is 23.4. The van der Waals surface area contributed by atoms with E-state index in [-0.39, 0.29) is 28.6 Å². The first-order chi connectivity index (χ1) is 15.8. The van der Waals surface area contributed by atoms with E-state index in [4.69, 9.17) is 4.74 Å². The van der Waals surface area contributed by atoms with Crippen LogP contribution in [-0.4, -0.2) is 24.1 Å². The van der Waals surface area contributed by atoms with E-state index in [1.165, 1.54) is 12.0 Å². The molecule has 3 nitrogen and oxygen atoms in total. The average molecular weight is 447 g/mol. The number of allylic oxidation sites excluding steroid dienone is 1. The third kappa shape index (κ3) is 3.66. The molecular formula is C30H38O3. The minimum absolute atomic E-state index is 0.0564. The highest BCUT2D eigenvalue weighted by atomic mass is 16.5. The van der Waals surface area contributed by atoms with Gasteiger partial charge in [0.25, 0.3) is 0 Å². The minimum Gasteiger partial charge on any atom is -0.497 e. The molecule has 0 aromatic heterocycles. The summed E-state index contributed by atoms with van der Waals surface area (Å²) in [6.45, 7) is 6.86. The summed E-state index contributed by atoms with van der Waals surface area (Å²) in [6, 6.07) is 5.83. The molecule has 0 heterocycles. The van der Waals surface area contributed by atoms with E-state index >= 15 is 0 Å². The fourth-order valence-corrected chi connectivity index (χ4v) is 8.19. The number of Topliss-reactive ketones (excluding diaryl/α,β-unsaturated/α-hetero) is 1. The summed E-state index contributed by atoms with van der Waals surface area (Å²) in [5.41, 5.74) is 3.78. The van der Waals surface area contributed by atoms with Gasteiger partial charge in [-0.1, -0.05) is 31.4 Å². The molecule has 3 saturated carbocycles. The second-order valence-corrected chi connectivity index (χ2v) is 11.6. The standard InChI is InChI=1S/C30H38O3/c1-19-17-23(33-4)8-5-20(19)6-12-28(32)27-11-10-25-24-9-7-21-18-22(31)13-15-29(21,2)26(24)14-16-30(25,27)3/h5,7-8,17,22,24-27,31H,9-11,13-16,18H2,1-4H3/t22-,24-,25-,26-,27+,29-,30-/m0/s1. The van der Waals surface area contributed by atoms with E-state index < -0.39 is 0 Å². The number of carbonyl (C=O) groups excluding carboxylic acids is 1. The normalized spacial score (nSPS) is 39.3. The van der Waals surface area contributed by atoms with Crippen LogP contribution in [0.15, 0.2) is 29.8 Å². The van der Waals surface area contributed by atoms with Crippen molar-refractivity contribution in [1.82, 2.24) is 0 Å². The van der Waals surface area contributed by atoms with E-state index in [1.807, 2.05) is 25.1 Å². The van der Waals surface area contributed by atoms with Crippen molar-refractivity contribution in [3.8, 4) is 17.6 Å². The van der Waals surface area contributed by atoms with Crippen LogP contribution >= 0.6 is 0 Å². The fraction of sp³-hybridized carbons (Fsp3) is 0.633. The molecule has 0 bridgehead atoms. The van der Waals surface area contributed by atoms with Gasteiger partial charge in [0.15, 0.2) is 0 Å². The van der Waals surface area contributed by atoms with Gasteiger partial charge in [0, 0.05) is 11.5 Å². The third-order valence-corrected chi connectivity index (χ3v) is 10.1. The molecule has 0 saturated heterocycles. The SMILES string of the molecule is COc1ccc(C#CC(=O)[C@H]2CC[C@H]3[C@@H]4CC=C5C[C@@H](O)CC[C@]5(C)[C@H]4CC[C@]23C)c(C)c1. The average Bonchev–Trinajstić information content (AvgIpc) is 3.15. The number of ether oxygens (including phenoxy) is 1. The summed E-state index contributed by atoms with van der Waals surface area (Å²) in [4.78, 5) is 13.4. The van der Waals surface area contributed by atoms with Crippen LogP contribution in [0.1, 0.15) is 76.3 Å². The molecule has 1 aromatic carbocycles. The van der Waals surface area contributed by atoms with E-state index in [2.05, 4.69) is 31.8 Å². The van der Waals surface area contributed by atoms with E-state index in [0.29, 0.717) is 17.8 Å². The zero-order valence-corrected chi connectivity index (χ0v) is 20.6. The van der Waals surface area contributed by atoms with Crippen molar-refractivity contribution in [3.63, 3.8) is 0 Å².